The number of carbonyl (C=O) groups is 3. The number of hydrogen-bond donors (Lipinski definition) is 3. The van der Waals surface area contributed by atoms with Crippen LogP contribution in [0.2, 0.25) is 0 Å². The first kappa shape index (κ1) is 18.2. The molecule has 7 heteroatoms. The molecule has 20 heavy (non-hydrogen) atoms. The second-order valence-electron chi connectivity index (χ2n) is 6.53. The van der Waals surface area contributed by atoms with Crippen molar-refractivity contribution in [3.05, 3.63) is 0 Å². The number of carboxylic acids is 1. The van der Waals surface area contributed by atoms with E-state index in [2.05, 4.69) is 10.6 Å². The van der Waals surface area contributed by atoms with Crippen molar-refractivity contribution in [3.8, 4) is 0 Å². The Hall–Kier alpha value is -1.79. The average Bonchev–Trinajstić information content (AvgIpc) is 2.09. The van der Waals surface area contributed by atoms with Crippen molar-refractivity contribution in [1.82, 2.24) is 10.6 Å². The highest BCUT2D eigenvalue weighted by Gasteiger charge is 2.27. The minimum atomic E-state index is -1.33. The highest BCUT2D eigenvalue weighted by Crippen LogP contribution is 2.09. The summed E-state index contributed by atoms with van der Waals surface area (Å²) in [5, 5.41) is 13.8. The van der Waals surface area contributed by atoms with E-state index in [9.17, 15) is 14.4 Å². The zero-order chi connectivity index (χ0) is 16.1. The van der Waals surface area contributed by atoms with Gasteiger partial charge in [-0.25, -0.2) is 9.59 Å². The fourth-order valence-electron chi connectivity index (χ4n) is 1.28. The number of esters is 1. The lowest BCUT2D eigenvalue weighted by Gasteiger charge is -2.24. The van der Waals surface area contributed by atoms with Gasteiger partial charge in [0.25, 0.3) is 0 Å². The number of hydrogen-bond acceptors (Lipinski definition) is 4. The van der Waals surface area contributed by atoms with Crippen LogP contribution in [0.3, 0.4) is 0 Å². The fraction of sp³-hybridized carbons (Fsp3) is 0.769. The molecule has 0 radical (unpaired) electrons. The Morgan fingerprint density at radius 1 is 1.10 bits per heavy atom. The van der Waals surface area contributed by atoms with E-state index in [0.29, 0.717) is 0 Å². The molecule has 7 nitrogen and oxygen atoms in total. The van der Waals surface area contributed by atoms with Gasteiger partial charge < -0.3 is 20.5 Å². The summed E-state index contributed by atoms with van der Waals surface area (Å²) in [7, 11) is 0. The molecule has 0 fully saturated rings. The van der Waals surface area contributed by atoms with E-state index < -0.39 is 41.6 Å². The van der Waals surface area contributed by atoms with Gasteiger partial charge in [-0.3, -0.25) is 4.79 Å². The lowest BCUT2D eigenvalue weighted by atomic mass is 10.1. The number of carboxylic acid groups (broad SMARTS) is 1. The molecule has 0 saturated carbocycles. The van der Waals surface area contributed by atoms with Gasteiger partial charge in [-0.15, -0.1) is 0 Å². The standard InChI is InChI=1S/C13H24N2O5/c1-12(2,3)15-11(19)14-8(10(17)18)7-9(16)20-13(4,5)6/h8H,7H2,1-6H3,(H,17,18)(H2,14,15,19)/t8-/m0/s1. The summed E-state index contributed by atoms with van der Waals surface area (Å²) in [5.41, 5.74) is -1.20. The Balaban J connectivity index is 4.56. The van der Waals surface area contributed by atoms with Crippen molar-refractivity contribution in [2.45, 2.75) is 65.1 Å². The molecule has 1 atom stereocenters. The van der Waals surface area contributed by atoms with E-state index in [4.69, 9.17) is 9.84 Å². The summed E-state index contributed by atoms with van der Waals surface area (Å²) in [4.78, 5) is 34.2. The minimum Gasteiger partial charge on any atom is -0.480 e. The van der Waals surface area contributed by atoms with Crippen molar-refractivity contribution >= 4 is 18.0 Å². The van der Waals surface area contributed by atoms with Crippen molar-refractivity contribution in [2.75, 3.05) is 0 Å². The van der Waals surface area contributed by atoms with Crippen molar-refractivity contribution in [2.24, 2.45) is 0 Å². The number of nitrogens with one attached hydrogen (secondary N) is 2. The maximum atomic E-state index is 11.6. The third-order valence-electron chi connectivity index (χ3n) is 1.88. The predicted octanol–water partition coefficient (Wildman–Crippen LogP) is 1.27. The van der Waals surface area contributed by atoms with E-state index in [0.717, 1.165) is 0 Å². The molecule has 0 aromatic heterocycles. The Morgan fingerprint density at radius 2 is 1.60 bits per heavy atom. The van der Waals surface area contributed by atoms with E-state index in [1.54, 1.807) is 41.5 Å². The number of aliphatic carboxylic acids is 1. The van der Waals surface area contributed by atoms with Gasteiger partial charge >= 0.3 is 18.0 Å². The highest BCUT2D eigenvalue weighted by atomic mass is 16.6. The van der Waals surface area contributed by atoms with E-state index >= 15 is 0 Å². The molecule has 0 bridgehead atoms. The van der Waals surface area contributed by atoms with Crippen LogP contribution >= 0.6 is 0 Å². The Bertz CT molecular complexity index is 349. The van der Waals surface area contributed by atoms with Crippen LogP contribution in [0, 0.1) is 0 Å². The lowest BCUT2D eigenvalue weighted by molar-refractivity contribution is -0.158. The van der Waals surface area contributed by atoms with Crippen LogP contribution in [0.4, 0.5) is 4.79 Å². The first-order valence-corrected chi connectivity index (χ1v) is 6.33. The van der Waals surface area contributed by atoms with Gasteiger partial charge in [0.1, 0.15) is 11.6 Å². The SMILES string of the molecule is CC(C)(C)NC(=O)N[C@@H](CC(=O)OC(C)(C)C)C(=O)O. The van der Waals surface area contributed by atoms with Gasteiger partial charge in [0, 0.05) is 5.54 Å². The molecule has 0 saturated heterocycles. The Morgan fingerprint density at radius 3 is 1.95 bits per heavy atom. The van der Waals surface area contributed by atoms with Gasteiger partial charge in [0.2, 0.25) is 0 Å². The number of ether oxygens (including phenoxy) is 1. The molecule has 0 heterocycles. The molecule has 3 N–H and O–H groups in total. The first-order valence-electron chi connectivity index (χ1n) is 6.33. The number of carbonyl (C=O) groups excluding carboxylic acids is 2. The third kappa shape index (κ3) is 9.18. The number of amides is 2. The summed E-state index contributed by atoms with van der Waals surface area (Å²) in [6.07, 6.45) is -0.426. The van der Waals surface area contributed by atoms with Gasteiger partial charge in [0.05, 0.1) is 6.42 Å². The normalized spacial score (nSPS) is 13.3. The van der Waals surface area contributed by atoms with E-state index in [1.807, 2.05) is 0 Å². The molecular formula is C13H24N2O5. The summed E-state index contributed by atoms with van der Waals surface area (Å²) in [6, 6.07) is -1.97. The van der Waals surface area contributed by atoms with Crippen LogP contribution < -0.4 is 10.6 Å². The zero-order valence-electron chi connectivity index (χ0n) is 12.9. The minimum absolute atomic E-state index is 0.426. The van der Waals surface area contributed by atoms with Gasteiger partial charge in [-0.2, -0.15) is 0 Å². The van der Waals surface area contributed by atoms with E-state index in [-0.39, 0.29) is 0 Å². The molecule has 0 aromatic carbocycles. The van der Waals surface area contributed by atoms with Crippen LogP contribution in [0.15, 0.2) is 0 Å². The monoisotopic (exact) mass is 288 g/mol. The quantitative estimate of drug-likeness (QED) is 0.676. The summed E-state index contributed by atoms with van der Waals surface area (Å²) < 4.78 is 5.03. The molecular weight excluding hydrogens is 264 g/mol. The molecule has 0 aliphatic heterocycles. The lowest BCUT2D eigenvalue weighted by Crippen LogP contribution is -2.52. The zero-order valence-corrected chi connectivity index (χ0v) is 12.9. The third-order valence-corrected chi connectivity index (χ3v) is 1.88. The van der Waals surface area contributed by atoms with Gasteiger partial charge in [-0.1, -0.05) is 0 Å². The van der Waals surface area contributed by atoms with Crippen molar-refractivity contribution in [3.63, 3.8) is 0 Å². The Labute approximate surface area is 119 Å². The average molecular weight is 288 g/mol. The van der Waals surface area contributed by atoms with Crippen molar-refractivity contribution < 1.29 is 24.2 Å². The molecule has 0 spiro atoms. The van der Waals surface area contributed by atoms with E-state index in [1.165, 1.54) is 0 Å². The number of urea groups is 1. The van der Waals surface area contributed by atoms with Crippen molar-refractivity contribution in [1.29, 1.82) is 0 Å². The van der Waals surface area contributed by atoms with Crippen LogP contribution in [0.5, 0.6) is 0 Å². The van der Waals surface area contributed by atoms with Crippen LogP contribution in [-0.4, -0.2) is 40.3 Å². The smallest absolute Gasteiger partial charge is 0.326 e. The van der Waals surface area contributed by atoms with Crippen LogP contribution in [0.25, 0.3) is 0 Å². The molecule has 0 aromatic rings. The maximum absolute atomic E-state index is 11.6. The molecule has 116 valence electrons. The van der Waals surface area contributed by atoms with Crippen LogP contribution in [-0.2, 0) is 14.3 Å². The topological polar surface area (TPSA) is 105 Å². The molecule has 0 unspecified atom stereocenters. The first-order chi connectivity index (χ1) is 8.80. The van der Waals surface area contributed by atoms with Gasteiger partial charge in [-0.05, 0) is 41.5 Å². The highest BCUT2D eigenvalue weighted by molar-refractivity contribution is 5.86. The number of rotatable bonds is 4. The second-order valence-corrected chi connectivity index (χ2v) is 6.53. The summed E-state index contributed by atoms with van der Waals surface area (Å²) in [6.45, 7) is 10.3. The molecule has 2 amide bonds. The van der Waals surface area contributed by atoms with Gasteiger partial charge in [0.15, 0.2) is 0 Å². The Kier molecular flexibility index (Phi) is 5.99. The summed E-state index contributed by atoms with van der Waals surface area (Å²) >= 11 is 0. The predicted molar refractivity (Wildman–Crippen MR) is 73.3 cm³/mol. The second kappa shape index (κ2) is 6.58. The van der Waals surface area contributed by atoms with Crippen LogP contribution in [0.1, 0.15) is 48.0 Å². The molecule has 0 aliphatic rings. The maximum Gasteiger partial charge on any atom is 0.326 e. The molecule has 0 rings (SSSR count). The fourth-order valence-corrected chi connectivity index (χ4v) is 1.28. The summed E-state index contributed by atoms with van der Waals surface area (Å²) in [5.74, 6) is -1.97. The largest absolute Gasteiger partial charge is 0.480 e. The molecule has 0 aliphatic carbocycles.